The number of hydrogen-bond donors (Lipinski definition) is 0. The van der Waals surface area contributed by atoms with Crippen LogP contribution in [0.2, 0.25) is 0 Å². The van der Waals surface area contributed by atoms with Gasteiger partial charge in [0.1, 0.15) is 0 Å². The second-order valence-electron chi connectivity index (χ2n) is 2.45. The van der Waals surface area contributed by atoms with Crippen LogP contribution in [0.4, 0.5) is 0 Å². The van der Waals surface area contributed by atoms with Gasteiger partial charge in [-0.1, -0.05) is 17.7 Å². The maximum atomic E-state index is 4.96. The van der Waals surface area contributed by atoms with Gasteiger partial charge in [0.05, 0.1) is 5.52 Å². The van der Waals surface area contributed by atoms with Gasteiger partial charge in [0, 0.05) is 0 Å². The van der Waals surface area contributed by atoms with Crippen LogP contribution in [0.5, 0.6) is 0 Å². The van der Waals surface area contributed by atoms with Crippen LogP contribution in [0.3, 0.4) is 0 Å². The molecule has 2 aromatic rings. The lowest BCUT2D eigenvalue weighted by atomic mass is 10.2. The van der Waals surface area contributed by atoms with Gasteiger partial charge in [-0.2, -0.15) is 0 Å². The molecule has 0 unspecified atom stereocenters. The van der Waals surface area contributed by atoms with Gasteiger partial charge >= 0.3 is 0 Å². The second-order valence-corrected chi connectivity index (χ2v) is 4.13. The maximum absolute atomic E-state index is 4.96. The molecule has 1 nitrogen and oxygen atoms in total. The van der Waals surface area contributed by atoms with Gasteiger partial charge in [-0.3, -0.25) is 4.98 Å². The summed E-state index contributed by atoms with van der Waals surface area (Å²) in [7, 11) is 0. The van der Waals surface area contributed by atoms with Gasteiger partial charge in [0.25, 0.3) is 0 Å². The molecule has 0 amide bonds. The number of hydrogen-bond acceptors (Lipinski definition) is 3. The molecular weight excluding hydrogens is 174 g/mol. The normalized spacial score (nSPS) is 10.6. The third-order valence-corrected chi connectivity index (χ3v) is 2.68. The molecule has 1 aromatic heterocycles. The van der Waals surface area contributed by atoms with Gasteiger partial charge in [-0.25, -0.2) is 0 Å². The Morgan fingerprint density at radius 1 is 1.45 bits per heavy atom. The van der Waals surface area contributed by atoms with E-state index >= 15 is 0 Å². The van der Waals surface area contributed by atoms with Crippen molar-refractivity contribution < 1.29 is 0 Å². The lowest BCUT2D eigenvalue weighted by Crippen LogP contribution is -1.70. The van der Waals surface area contributed by atoms with Crippen molar-refractivity contribution >= 4 is 34.2 Å². The van der Waals surface area contributed by atoms with E-state index in [0.717, 1.165) is 9.86 Å². The lowest BCUT2D eigenvalue weighted by Gasteiger charge is -1.92. The third kappa shape index (κ3) is 1.21. The first-order valence-electron chi connectivity index (χ1n) is 3.30. The summed E-state index contributed by atoms with van der Waals surface area (Å²) in [5, 5.41) is 0. The molecule has 0 aliphatic heterocycles. The monoisotopic (exact) mass is 180 g/mol. The predicted octanol–water partition coefficient (Wildman–Crippen LogP) is 2.51. The predicted molar refractivity (Wildman–Crippen MR) is 50.0 cm³/mol. The van der Waals surface area contributed by atoms with E-state index in [-0.39, 0.29) is 0 Å². The van der Waals surface area contributed by atoms with Gasteiger partial charge < -0.3 is 24.0 Å². The van der Waals surface area contributed by atoms with E-state index < -0.39 is 0 Å². The van der Waals surface area contributed by atoms with Crippen molar-refractivity contribution in [2.75, 3.05) is 0 Å². The van der Waals surface area contributed by atoms with Crippen molar-refractivity contribution in [1.82, 2.24) is 4.98 Å². The largest absolute Gasteiger partial charge is 0.408 e. The Bertz CT molecular complexity index is 392. The van der Waals surface area contributed by atoms with E-state index in [0.29, 0.717) is 0 Å². The molecule has 0 bridgehead atoms. The first-order chi connectivity index (χ1) is 5.25. The van der Waals surface area contributed by atoms with Crippen molar-refractivity contribution in [2.24, 2.45) is 0 Å². The molecule has 0 aliphatic rings. The first kappa shape index (κ1) is 7.00. The Labute approximate surface area is 74.5 Å². The Balaban J connectivity index is 2.82. The molecule has 3 heteroatoms. The van der Waals surface area contributed by atoms with Gasteiger partial charge in [0.15, 0.2) is 0 Å². The first-order valence-corrected chi connectivity index (χ1v) is 4.52. The van der Waals surface area contributed by atoms with Crippen LogP contribution in [0.1, 0.15) is 5.56 Å². The molecule has 0 radical (unpaired) electrons. The average Bonchev–Trinajstić information content (AvgIpc) is 2.27. The van der Waals surface area contributed by atoms with Crippen LogP contribution in [-0.2, 0) is 12.6 Å². The van der Waals surface area contributed by atoms with E-state index in [9.17, 15) is 0 Å². The molecule has 11 heavy (non-hydrogen) atoms. The molecule has 0 fully saturated rings. The molecule has 0 aliphatic carbocycles. The molecule has 0 saturated heterocycles. The average molecular weight is 180 g/mol. The SMILES string of the molecule is Cc1ccc2nc([S-])sc2c1. The zero-order valence-electron chi connectivity index (χ0n) is 6.00. The van der Waals surface area contributed by atoms with E-state index in [1.165, 1.54) is 10.3 Å². The topological polar surface area (TPSA) is 12.9 Å². The highest BCUT2D eigenvalue weighted by Gasteiger charge is 1.91. The smallest absolute Gasteiger partial charge is 0.0600 e. The third-order valence-electron chi connectivity index (χ3n) is 1.52. The maximum Gasteiger partial charge on any atom is 0.0600 e. The summed E-state index contributed by atoms with van der Waals surface area (Å²) < 4.78 is 1.92. The van der Waals surface area contributed by atoms with E-state index in [1.807, 2.05) is 6.07 Å². The molecule has 2 rings (SSSR count). The minimum atomic E-state index is 0.727. The van der Waals surface area contributed by atoms with Crippen molar-refractivity contribution in [3.8, 4) is 0 Å². The summed E-state index contributed by atoms with van der Waals surface area (Å²) in [5.74, 6) is 0. The molecule has 1 aromatic carbocycles. The fourth-order valence-corrected chi connectivity index (χ4v) is 2.17. The lowest BCUT2D eigenvalue weighted by molar-refractivity contribution is 1.31. The van der Waals surface area contributed by atoms with Crippen molar-refractivity contribution in [2.45, 2.75) is 11.3 Å². The van der Waals surface area contributed by atoms with Crippen molar-refractivity contribution in [3.05, 3.63) is 23.8 Å². The minimum Gasteiger partial charge on any atom is -0.408 e. The van der Waals surface area contributed by atoms with Crippen LogP contribution in [0.15, 0.2) is 22.5 Å². The zero-order chi connectivity index (χ0) is 7.84. The second kappa shape index (κ2) is 2.43. The molecule has 0 N–H and O–H groups in total. The summed E-state index contributed by atoms with van der Waals surface area (Å²) >= 11 is 6.53. The molecule has 56 valence electrons. The number of aromatic nitrogens is 1. The summed E-state index contributed by atoms with van der Waals surface area (Å²) in [6.45, 7) is 2.07. The fourth-order valence-electron chi connectivity index (χ4n) is 1.01. The molecule has 1 heterocycles. The number of benzene rings is 1. The van der Waals surface area contributed by atoms with Crippen LogP contribution in [0, 0.1) is 6.92 Å². The van der Waals surface area contributed by atoms with Crippen LogP contribution >= 0.6 is 11.3 Å². The standard InChI is InChI=1S/C8H7NS2/c1-5-2-3-6-7(4-5)11-8(10)9-6/h2-4H,1H3,(H,9,10)/p-1. The number of nitrogens with zero attached hydrogens (tertiary/aromatic N) is 1. The minimum absolute atomic E-state index is 0.727. The summed E-state index contributed by atoms with van der Waals surface area (Å²) in [5.41, 5.74) is 2.28. The molecular formula is C8H6NS2-. The number of thiazole rings is 1. The van der Waals surface area contributed by atoms with Crippen molar-refractivity contribution in [3.63, 3.8) is 0 Å². The number of rotatable bonds is 0. The fraction of sp³-hybridized carbons (Fsp3) is 0.125. The summed E-state index contributed by atoms with van der Waals surface area (Å²) in [6.07, 6.45) is 0. The van der Waals surface area contributed by atoms with Crippen LogP contribution in [-0.4, -0.2) is 4.98 Å². The molecule has 0 spiro atoms. The molecule has 0 atom stereocenters. The van der Waals surface area contributed by atoms with Crippen molar-refractivity contribution in [1.29, 1.82) is 0 Å². The van der Waals surface area contributed by atoms with Gasteiger partial charge in [-0.05, 0) is 22.0 Å². The highest BCUT2D eigenvalue weighted by Crippen LogP contribution is 2.22. The van der Waals surface area contributed by atoms with Crippen LogP contribution in [0.25, 0.3) is 10.2 Å². The summed E-state index contributed by atoms with van der Waals surface area (Å²) in [4.78, 5) is 4.19. The van der Waals surface area contributed by atoms with Gasteiger partial charge in [0.2, 0.25) is 0 Å². The van der Waals surface area contributed by atoms with E-state index in [2.05, 4.69) is 24.0 Å². The van der Waals surface area contributed by atoms with Gasteiger partial charge in [-0.15, -0.1) is 0 Å². The number of fused-ring (bicyclic) bond motifs is 1. The Kier molecular flexibility index (Phi) is 1.55. The van der Waals surface area contributed by atoms with E-state index in [4.69, 9.17) is 12.6 Å². The zero-order valence-corrected chi connectivity index (χ0v) is 7.63. The molecule has 0 saturated carbocycles. The summed E-state index contributed by atoms with van der Waals surface area (Å²) in [6, 6.07) is 6.18. The number of aryl methyl sites for hydroxylation is 1. The Morgan fingerprint density at radius 2 is 2.27 bits per heavy atom. The van der Waals surface area contributed by atoms with E-state index in [1.54, 1.807) is 11.3 Å². The van der Waals surface area contributed by atoms with Crippen LogP contribution < -0.4 is 0 Å². The highest BCUT2D eigenvalue weighted by molar-refractivity contribution is 7.63. The quantitative estimate of drug-likeness (QED) is 0.578. The highest BCUT2D eigenvalue weighted by atomic mass is 32.2. The Hall–Kier alpha value is -0.670. The Morgan fingerprint density at radius 3 is 3.09 bits per heavy atom.